The van der Waals surface area contributed by atoms with E-state index in [9.17, 15) is 4.79 Å². The summed E-state index contributed by atoms with van der Waals surface area (Å²) < 4.78 is 10.3. The van der Waals surface area contributed by atoms with Crippen LogP contribution in [0.4, 0.5) is 0 Å². The van der Waals surface area contributed by atoms with Gasteiger partial charge in [0.25, 0.3) is 0 Å². The van der Waals surface area contributed by atoms with E-state index in [1.807, 2.05) is 0 Å². The van der Waals surface area contributed by atoms with Crippen LogP contribution in [0, 0.1) is 0 Å². The molecule has 0 amide bonds. The molecule has 0 bridgehead atoms. The van der Waals surface area contributed by atoms with Crippen molar-refractivity contribution in [3.8, 4) is 11.5 Å². The molecule has 0 saturated heterocycles. The molecule has 0 N–H and O–H groups in total. The van der Waals surface area contributed by atoms with Gasteiger partial charge in [-0.05, 0) is 35.0 Å². The summed E-state index contributed by atoms with van der Waals surface area (Å²) >= 11 is 3.31. The molecular weight excluding hydrogens is 290 g/mol. The second-order valence-corrected chi connectivity index (χ2v) is 3.83. The Morgan fingerprint density at radius 1 is 1.59 bits per heavy atom. The van der Waals surface area contributed by atoms with Crippen molar-refractivity contribution < 1.29 is 14.1 Å². The third-order valence-corrected chi connectivity index (χ3v) is 2.49. The van der Waals surface area contributed by atoms with Gasteiger partial charge in [0.05, 0.1) is 6.61 Å². The van der Waals surface area contributed by atoms with E-state index in [2.05, 4.69) is 31.1 Å². The molecule has 0 radical (unpaired) electrons. The van der Waals surface area contributed by atoms with E-state index in [4.69, 9.17) is 9.26 Å². The number of carbonyl (C=O) groups excluding carboxylic acids is 1. The van der Waals surface area contributed by atoms with Crippen molar-refractivity contribution in [3.05, 3.63) is 28.7 Å². The lowest BCUT2D eigenvalue weighted by Gasteiger charge is -1.95. The second-order valence-electron chi connectivity index (χ2n) is 2.98. The first-order valence-corrected chi connectivity index (χ1v) is 5.63. The van der Waals surface area contributed by atoms with Crippen molar-refractivity contribution in [1.82, 2.24) is 15.1 Å². The van der Waals surface area contributed by atoms with Gasteiger partial charge in [0.2, 0.25) is 5.82 Å². The van der Waals surface area contributed by atoms with Gasteiger partial charge in [-0.15, -0.1) is 0 Å². The van der Waals surface area contributed by atoms with Gasteiger partial charge in [0.1, 0.15) is 5.69 Å². The van der Waals surface area contributed by atoms with Gasteiger partial charge in [0, 0.05) is 10.7 Å². The van der Waals surface area contributed by atoms with Crippen LogP contribution in [0.5, 0.6) is 0 Å². The average molecular weight is 298 g/mol. The summed E-state index contributed by atoms with van der Waals surface area (Å²) in [6.45, 7) is 1.95. The zero-order chi connectivity index (χ0) is 12.3. The van der Waals surface area contributed by atoms with Crippen LogP contribution in [-0.4, -0.2) is 27.7 Å². The lowest BCUT2D eigenvalue weighted by Crippen LogP contribution is -2.04. The molecule has 2 aromatic rings. The number of carbonyl (C=O) groups is 1. The number of nitrogens with zero attached hydrogens (tertiary/aromatic N) is 3. The summed E-state index contributed by atoms with van der Waals surface area (Å²) in [6, 6.07) is 3.56. The van der Waals surface area contributed by atoms with E-state index < -0.39 is 5.97 Å². The van der Waals surface area contributed by atoms with Gasteiger partial charge in [-0.2, -0.15) is 4.98 Å². The van der Waals surface area contributed by atoms with Gasteiger partial charge in [-0.25, -0.2) is 4.79 Å². The Kier molecular flexibility index (Phi) is 3.48. The Hall–Kier alpha value is -1.76. The van der Waals surface area contributed by atoms with Crippen LogP contribution in [0.15, 0.2) is 27.3 Å². The normalized spacial score (nSPS) is 10.2. The van der Waals surface area contributed by atoms with Gasteiger partial charge in [0.15, 0.2) is 0 Å². The molecule has 0 unspecified atom stereocenters. The van der Waals surface area contributed by atoms with E-state index in [0.29, 0.717) is 5.69 Å². The number of aromatic nitrogens is 3. The summed E-state index contributed by atoms with van der Waals surface area (Å²) in [7, 11) is 0. The van der Waals surface area contributed by atoms with Crippen molar-refractivity contribution in [3.63, 3.8) is 0 Å². The van der Waals surface area contributed by atoms with Gasteiger partial charge >= 0.3 is 11.9 Å². The van der Waals surface area contributed by atoms with E-state index in [-0.39, 0.29) is 18.3 Å². The molecule has 0 spiro atoms. The molecule has 0 aromatic carbocycles. The largest absolute Gasteiger partial charge is 0.459 e. The Balaban J connectivity index is 2.30. The summed E-state index contributed by atoms with van der Waals surface area (Å²) in [5.74, 6) is -0.585. The van der Waals surface area contributed by atoms with Crippen molar-refractivity contribution in [2.75, 3.05) is 6.61 Å². The highest BCUT2D eigenvalue weighted by atomic mass is 79.9. The minimum atomic E-state index is -0.640. The number of esters is 1. The number of halogens is 1. The second kappa shape index (κ2) is 5.05. The summed E-state index contributed by atoms with van der Waals surface area (Å²) in [5.41, 5.74) is 0.506. The van der Waals surface area contributed by atoms with Gasteiger partial charge in [-0.1, -0.05) is 5.16 Å². The van der Waals surface area contributed by atoms with E-state index in [1.54, 1.807) is 25.3 Å². The quantitative estimate of drug-likeness (QED) is 0.807. The fourth-order valence-electron chi connectivity index (χ4n) is 1.15. The monoisotopic (exact) mass is 297 g/mol. The fraction of sp³-hybridized carbons (Fsp3) is 0.200. The number of rotatable bonds is 3. The standard InChI is InChI=1S/C10H8BrN3O3/c1-2-16-10(15)9-13-8(14-17-9)7-6(11)4-3-5-12-7/h3-5H,2H2,1H3. The van der Waals surface area contributed by atoms with Gasteiger partial charge < -0.3 is 9.26 Å². The minimum absolute atomic E-state index is 0.181. The third-order valence-electron chi connectivity index (χ3n) is 1.85. The molecule has 2 heterocycles. The molecule has 6 nitrogen and oxygen atoms in total. The molecule has 0 aliphatic rings. The maximum absolute atomic E-state index is 11.3. The maximum Gasteiger partial charge on any atom is 0.397 e. The maximum atomic E-state index is 11.3. The molecule has 7 heteroatoms. The van der Waals surface area contributed by atoms with Crippen LogP contribution in [0.2, 0.25) is 0 Å². The SMILES string of the molecule is CCOC(=O)c1nc(-c2ncccc2Br)no1. The van der Waals surface area contributed by atoms with Crippen molar-refractivity contribution >= 4 is 21.9 Å². The summed E-state index contributed by atoms with van der Waals surface area (Å²) in [5, 5.41) is 3.67. The zero-order valence-electron chi connectivity index (χ0n) is 8.88. The summed E-state index contributed by atoms with van der Waals surface area (Å²) in [4.78, 5) is 19.3. The Morgan fingerprint density at radius 3 is 3.12 bits per heavy atom. The molecule has 0 atom stereocenters. The average Bonchev–Trinajstić information content (AvgIpc) is 2.79. The smallest absolute Gasteiger partial charge is 0.397 e. The van der Waals surface area contributed by atoms with E-state index >= 15 is 0 Å². The first-order valence-electron chi connectivity index (χ1n) is 4.84. The van der Waals surface area contributed by atoms with Crippen LogP contribution in [0.3, 0.4) is 0 Å². The molecule has 2 aromatic heterocycles. The Morgan fingerprint density at radius 2 is 2.41 bits per heavy atom. The van der Waals surface area contributed by atoms with Crippen molar-refractivity contribution in [2.45, 2.75) is 6.92 Å². The van der Waals surface area contributed by atoms with E-state index in [0.717, 1.165) is 4.47 Å². The fourth-order valence-corrected chi connectivity index (χ4v) is 1.58. The lowest BCUT2D eigenvalue weighted by molar-refractivity contribution is 0.0470. The highest BCUT2D eigenvalue weighted by molar-refractivity contribution is 9.10. The number of ether oxygens (including phenoxy) is 1. The van der Waals surface area contributed by atoms with Crippen molar-refractivity contribution in [2.24, 2.45) is 0 Å². The van der Waals surface area contributed by atoms with Crippen LogP contribution in [-0.2, 0) is 4.74 Å². The first-order chi connectivity index (χ1) is 8.22. The van der Waals surface area contributed by atoms with Gasteiger partial charge in [-0.3, -0.25) is 4.98 Å². The molecule has 17 heavy (non-hydrogen) atoms. The highest BCUT2D eigenvalue weighted by Crippen LogP contribution is 2.22. The number of hydrogen-bond donors (Lipinski definition) is 0. The van der Waals surface area contributed by atoms with Crippen molar-refractivity contribution in [1.29, 1.82) is 0 Å². The molecule has 0 aliphatic heterocycles. The van der Waals surface area contributed by atoms with Crippen LogP contribution < -0.4 is 0 Å². The highest BCUT2D eigenvalue weighted by Gasteiger charge is 2.18. The van der Waals surface area contributed by atoms with Crippen LogP contribution >= 0.6 is 15.9 Å². The van der Waals surface area contributed by atoms with Crippen LogP contribution in [0.1, 0.15) is 17.6 Å². The molecule has 0 aliphatic carbocycles. The third kappa shape index (κ3) is 2.50. The summed E-state index contributed by atoms with van der Waals surface area (Å²) in [6.07, 6.45) is 1.60. The van der Waals surface area contributed by atoms with Crippen LogP contribution in [0.25, 0.3) is 11.5 Å². The molecule has 0 fully saturated rings. The molecule has 88 valence electrons. The topological polar surface area (TPSA) is 78.1 Å². The number of pyridine rings is 1. The zero-order valence-corrected chi connectivity index (χ0v) is 10.5. The molecular formula is C10H8BrN3O3. The Labute approximate surface area is 105 Å². The first kappa shape index (κ1) is 11.7. The molecule has 2 rings (SSSR count). The lowest BCUT2D eigenvalue weighted by atomic mass is 10.3. The minimum Gasteiger partial charge on any atom is -0.459 e. The molecule has 0 saturated carbocycles. The van der Waals surface area contributed by atoms with E-state index in [1.165, 1.54) is 0 Å². The Bertz CT molecular complexity index is 541. The predicted octanol–water partition coefficient (Wildman–Crippen LogP) is 2.07. The number of hydrogen-bond acceptors (Lipinski definition) is 6. The predicted molar refractivity (Wildman–Crippen MR) is 61.2 cm³/mol.